The van der Waals surface area contributed by atoms with Crippen molar-refractivity contribution >= 4 is 27.4 Å². The molecular weight excluding hydrogens is 296 g/mol. The van der Waals surface area contributed by atoms with E-state index in [9.17, 15) is 18.0 Å². The van der Waals surface area contributed by atoms with E-state index < -0.39 is 33.2 Å². The fourth-order valence-electron chi connectivity index (χ4n) is 1.45. The van der Waals surface area contributed by atoms with Crippen LogP contribution in [0.4, 0.5) is 5.69 Å². The Kier molecular flexibility index (Phi) is 5.87. The van der Waals surface area contributed by atoms with Gasteiger partial charge in [0, 0.05) is 5.69 Å². The predicted octanol–water partition coefficient (Wildman–Crippen LogP) is 0.740. The second-order valence-electron chi connectivity index (χ2n) is 4.04. The van der Waals surface area contributed by atoms with Crippen molar-refractivity contribution in [3.63, 3.8) is 0 Å². The fraction of sp³-hybridized carbons (Fsp3) is 0.308. The largest absolute Gasteiger partial charge is 0.462 e. The molecule has 0 aliphatic rings. The summed E-state index contributed by atoms with van der Waals surface area (Å²) in [4.78, 5) is 23.0. The molecule has 1 rings (SSSR count). The van der Waals surface area contributed by atoms with Crippen LogP contribution in [0.1, 0.15) is 17.3 Å². The van der Waals surface area contributed by atoms with Gasteiger partial charge in [0.15, 0.2) is 9.84 Å². The molecule has 112 valence electrons. The summed E-state index contributed by atoms with van der Waals surface area (Å²) < 4.78 is 27.4. The van der Waals surface area contributed by atoms with Crippen molar-refractivity contribution in [1.82, 2.24) is 0 Å². The molecule has 0 radical (unpaired) electrons. The van der Waals surface area contributed by atoms with Gasteiger partial charge in [-0.2, -0.15) is 5.26 Å². The topological polar surface area (TPSA) is 113 Å². The van der Waals surface area contributed by atoms with Crippen LogP contribution in [0.2, 0.25) is 0 Å². The normalized spacial score (nSPS) is 10.5. The van der Waals surface area contributed by atoms with Crippen LogP contribution < -0.4 is 5.32 Å². The van der Waals surface area contributed by atoms with Crippen molar-refractivity contribution in [3.8, 4) is 6.07 Å². The van der Waals surface area contributed by atoms with Gasteiger partial charge in [0.1, 0.15) is 11.5 Å². The van der Waals surface area contributed by atoms with Gasteiger partial charge < -0.3 is 10.1 Å². The Balaban J connectivity index is 2.66. The maximum Gasteiger partial charge on any atom is 0.338 e. The molecule has 0 saturated heterocycles. The third-order valence-electron chi connectivity index (χ3n) is 2.32. The number of hydrogen-bond acceptors (Lipinski definition) is 6. The summed E-state index contributed by atoms with van der Waals surface area (Å²) in [6.07, 6.45) is 0. The lowest BCUT2D eigenvalue weighted by molar-refractivity contribution is -0.113. The van der Waals surface area contributed by atoms with Gasteiger partial charge >= 0.3 is 5.97 Å². The highest BCUT2D eigenvalue weighted by atomic mass is 32.2. The first-order chi connectivity index (χ1) is 9.88. The second kappa shape index (κ2) is 7.40. The lowest BCUT2D eigenvalue weighted by Crippen LogP contribution is -2.24. The number of carbonyl (C=O) groups excluding carboxylic acids is 2. The molecule has 1 N–H and O–H groups in total. The van der Waals surface area contributed by atoms with Gasteiger partial charge in [-0.25, -0.2) is 13.2 Å². The van der Waals surface area contributed by atoms with Gasteiger partial charge in [-0.15, -0.1) is 0 Å². The Labute approximate surface area is 122 Å². The van der Waals surface area contributed by atoms with Gasteiger partial charge in [-0.3, -0.25) is 4.79 Å². The van der Waals surface area contributed by atoms with E-state index in [4.69, 9.17) is 10.00 Å². The van der Waals surface area contributed by atoms with Gasteiger partial charge in [-0.1, -0.05) is 0 Å². The summed E-state index contributed by atoms with van der Waals surface area (Å²) in [7, 11) is -3.73. The number of esters is 1. The maximum atomic E-state index is 11.5. The average molecular weight is 310 g/mol. The number of nitrogens with zero attached hydrogens (tertiary/aromatic N) is 1. The number of nitriles is 1. The molecule has 0 heterocycles. The van der Waals surface area contributed by atoms with Crippen molar-refractivity contribution in [3.05, 3.63) is 29.8 Å². The number of amides is 1. The molecule has 8 heteroatoms. The lowest BCUT2D eigenvalue weighted by atomic mass is 10.2. The first-order valence-corrected chi connectivity index (χ1v) is 7.84. The molecule has 0 saturated carbocycles. The molecule has 0 aromatic heterocycles. The Morgan fingerprint density at radius 3 is 2.43 bits per heavy atom. The Bertz CT molecular complexity index is 659. The minimum Gasteiger partial charge on any atom is -0.462 e. The van der Waals surface area contributed by atoms with Crippen molar-refractivity contribution in [2.45, 2.75) is 6.92 Å². The van der Waals surface area contributed by atoms with E-state index in [1.54, 1.807) is 6.92 Å². The number of sulfone groups is 1. The van der Waals surface area contributed by atoms with Gasteiger partial charge in [0.25, 0.3) is 0 Å². The SMILES string of the molecule is CCOC(=O)c1ccc(NC(=O)CS(=O)(=O)CC#N)cc1. The van der Waals surface area contributed by atoms with Crippen LogP contribution in [0.5, 0.6) is 0 Å². The monoisotopic (exact) mass is 310 g/mol. The first kappa shape index (κ1) is 16.7. The van der Waals surface area contributed by atoms with Crippen LogP contribution in [-0.4, -0.2) is 38.4 Å². The van der Waals surface area contributed by atoms with E-state index in [1.165, 1.54) is 30.3 Å². The zero-order valence-electron chi connectivity index (χ0n) is 11.3. The summed E-state index contributed by atoms with van der Waals surface area (Å²) in [6, 6.07) is 7.32. The van der Waals surface area contributed by atoms with E-state index in [2.05, 4.69) is 5.32 Å². The van der Waals surface area contributed by atoms with Crippen molar-refractivity contribution in [2.75, 3.05) is 23.4 Å². The molecule has 0 aliphatic carbocycles. The van der Waals surface area contributed by atoms with Crippen LogP contribution in [0, 0.1) is 11.3 Å². The smallest absolute Gasteiger partial charge is 0.338 e. The quantitative estimate of drug-likeness (QED) is 0.775. The number of rotatable bonds is 6. The maximum absolute atomic E-state index is 11.5. The highest BCUT2D eigenvalue weighted by Gasteiger charge is 2.16. The summed E-state index contributed by atoms with van der Waals surface area (Å²) in [5.74, 6) is -2.69. The van der Waals surface area contributed by atoms with Crippen molar-refractivity contribution < 1.29 is 22.7 Å². The number of ether oxygens (including phenoxy) is 1. The lowest BCUT2D eigenvalue weighted by Gasteiger charge is -2.06. The third-order valence-corrected chi connectivity index (χ3v) is 3.59. The van der Waals surface area contributed by atoms with Gasteiger partial charge in [0.05, 0.1) is 18.2 Å². The fourth-order valence-corrected chi connectivity index (χ4v) is 2.22. The summed E-state index contributed by atoms with van der Waals surface area (Å²) in [6.45, 7) is 1.95. The Hall–Kier alpha value is -2.40. The number of anilines is 1. The predicted molar refractivity (Wildman–Crippen MR) is 75.3 cm³/mol. The van der Waals surface area contributed by atoms with E-state index in [0.717, 1.165) is 0 Å². The number of benzene rings is 1. The van der Waals surface area contributed by atoms with Crippen molar-refractivity contribution in [1.29, 1.82) is 5.26 Å². The Morgan fingerprint density at radius 1 is 1.29 bits per heavy atom. The highest BCUT2D eigenvalue weighted by molar-refractivity contribution is 7.92. The summed E-state index contributed by atoms with van der Waals surface area (Å²) in [5, 5.41) is 10.7. The zero-order valence-corrected chi connectivity index (χ0v) is 12.1. The van der Waals surface area contributed by atoms with E-state index in [1.807, 2.05) is 0 Å². The standard InChI is InChI=1S/C13H14N2O5S/c1-2-20-13(17)10-3-5-11(6-4-10)15-12(16)9-21(18,19)8-7-14/h3-6H,2,8-9H2,1H3,(H,15,16). The van der Waals surface area contributed by atoms with E-state index in [0.29, 0.717) is 11.3 Å². The molecule has 0 fully saturated rings. The summed E-state index contributed by atoms with van der Waals surface area (Å²) in [5.41, 5.74) is 0.673. The molecule has 0 spiro atoms. The molecule has 0 atom stereocenters. The highest BCUT2D eigenvalue weighted by Crippen LogP contribution is 2.10. The van der Waals surface area contributed by atoms with E-state index >= 15 is 0 Å². The first-order valence-electron chi connectivity index (χ1n) is 6.02. The molecule has 0 unspecified atom stereocenters. The van der Waals surface area contributed by atoms with Gasteiger partial charge in [-0.05, 0) is 31.2 Å². The number of nitrogens with one attached hydrogen (secondary N) is 1. The minimum atomic E-state index is -3.73. The molecular formula is C13H14N2O5S. The van der Waals surface area contributed by atoms with Crippen LogP contribution in [0.3, 0.4) is 0 Å². The molecule has 21 heavy (non-hydrogen) atoms. The second-order valence-corrected chi connectivity index (χ2v) is 6.10. The molecule has 7 nitrogen and oxygen atoms in total. The minimum absolute atomic E-state index is 0.258. The molecule has 1 amide bonds. The summed E-state index contributed by atoms with van der Waals surface area (Å²) >= 11 is 0. The third kappa shape index (κ3) is 5.62. The average Bonchev–Trinajstić information content (AvgIpc) is 2.38. The molecule has 1 aromatic rings. The van der Waals surface area contributed by atoms with Crippen molar-refractivity contribution in [2.24, 2.45) is 0 Å². The van der Waals surface area contributed by atoms with Crippen LogP contribution in [-0.2, 0) is 19.4 Å². The molecule has 1 aromatic carbocycles. The zero-order chi connectivity index (χ0) is 15.9. The van der Waals surface area contributed by atoms with Crippen LogP contribution in [0.15, 0.2) is 24.3 Å². The molecule has 0 aliphatic heterocycles. The number of hydrogen-bond donors (Lipinski definition) is 1. The molecule has 0 bridgehead atoms. The van der Waals surface area contributed by atoms with E-state index in [-0.39, 0.29) is 6.61 Å². The van der Waals surface area contributed by atoms with Crippen LogP contribution >= 0.6 is 0 Å². The van der Waals surface area contributed by atoms with Gasteiger partial charge in [0.2, 0.25) is 5.91 Å². The Morgan fingerprint density at radius 2 is 1.90 bits per heavy atom. The van der Waals surface area contributed by atoms with Crippen LogP contribution in [0.25, 0.3) is 0 Å². The number of carbonyl (C=O) groups is 2.